The molecule has 2 N–H and O–H groups in total. The maximum absolute atomic E-state index is 10.00. The minimum atomic E-state index is -0.583. The van der Waals surface area contributed by atoms with Gasteiger partial charge in [-0.15, -0.1) is 0 Å². The van der Waals surface area contributed by atoms with Crippen LogP contribution in [0.3, 0.4) is 0 Å². The fourth-order valence-electron chi connectivity index (χ4n) is 1.36. The summed E-state index contributed by atoms with van der Waals surface area (Å²) in [6, 6.07) is 0. The zero-order valence-corrected chi connectivity index (χ0v) is 9.27. The fourth-order valence-corrected chi connectivity index (χ4v) is 1.56. The van der Waals surface area contributed by atoms with Gasteiger partial charge >= 0.3 is 0 Å². The molecule has 0 aromatic rings. The molecule has 0 radical (unpaired) electrons. The number of nitrogens with one attached hydrogen (secondary N) is 1. The van der Waals surface area contributed by atoms with Crippen molar-refractivity contribution < 1.29 is 9.84 Å². The van der Waals surface area contributed by atoms with Gasteiger partial charge in [-0.3, -0.25) is 0 Å². The Labute approximate surface area is 87.3 Å². The highest BCUT2D eigenvalue weighted by molar-refractivity contribution is 9.11. The Morgan fingerprint density at radius 3 is 2.69 bits per heavy atom. The first-order chi connectivity index (χ1) is 6.12. The van der Waals surface area contributed by atoms with E-state index in [1.807, 2.05) is 0 Å². The quantitative estimate of drug-likeness (QED) is 0.782. The standard InChI is InChI=1S/C9H16BrNO2/c1-8(10)6-11-7-9(12)2-4-13-5-3-9/h11-12H,1-7H2. The van der Waals surface area contributed by atoms with E-state index in [9.17, 15) is 5.11 Å². The van der Waals surface area contributed by atoms with Crippen LogP contribution in [0.5, 0.6) is 0 Å². The van der Waals surface area contributed by atoms with Crippen LogP contribution in [0.15, 0.2) is 11.1 Å². The second-order valence-electron chi connectivity index (χ2n) is 3.46. The van der Waals surface area contributed by atoms with Crippen LogP contribution in [0.25, 0.3) is 0 Å². The van der Waals surface area contributed by atoms with Crippen LogP contribution < -0.4 is 5.32 Å². The number of ether oxygens (including phenoxy) is 1. The Balaban J connectivity index is 2.21. The second-order valence-corrected chi connectivity index (χ2v) is 4.58. The van der Waals surface area contributed by atoms with Gasteiger partial charge in [0.15, 0.2) is 0 Å². The minimum absolute atomic E-state index is 0.583. The average Bonchev–Trinajstić information content (AvgIpc) is 2.04. The van der Waals surface area contributed by atoms with Gasteiger partial charge < -0.3 is 15.2 Å². The van der Waals surface area contributed by atoms with Crippen LogP contribution in [-0.2, 0) is 4.74 Å². The molecule has 0 amide bonds. The molecule has 0 aromatic carbocycles. The molecular formula is C9H16BrNO2. The minimum Gasteiger partial charge on any atom is -0.388 e. The van der Waals surface area contributed by atoms with Gasteiger partial charge in [-0.1, -0.05) is 22.5 Å². The molecule has 1 aliphatic heterocycles. The van der Waals surface area contributed by atoms with E-state index < -0.39 is 5.60 Å². The molecule has 1 fully saturated rings. The largest absolute Gasteiger partial charge is 0.388 e. The molecule has 1 aliphatic rings. The number of rotatable bonds is 4. The molecule has 3 nitrogen and oxygen atoms in total. The van der Waals surface area contributed by atoms with Gasteiger partial charge in [-0.25, -0.2) is 0 Å². The molecule has 0 saturated carbocycles. The van der Waals surface area contributed by atoms with E-state index in [2.05, 4.69) is 27.8 Å². The zero-order chi connectivity index (χ0) is 9.73. The number of aliphatic hydroxyl groups is 1. The number of hydrogen-bond donors (Lipinski definition) is 2. The molecule has 1 heterocycles. The summed E-state index contributed by atoms with van der Waals surface area (Å²) in [5.74, 6) is 0. The van der Waals surface area contributed by atoms with Crippen molar-refractivity contribution >= 4 is 15.9 Å². The van der Waals surface area contributed by atoms with Crippen molar-refractivity contribution in [2.24, 2.45) is 0 Å². The molecule has 1 saturated heterocycles. The van der Waals surface area contributed by atoms with E-state index in [-0.39, 0.29) is 0 Å². The van der Waals surface area contributed by atoms with Crippen LogP contribution in [0.4, 0.5) is 0 Å². The lowest BCUT2D eigenvalue weighted by molar-refractivity contribution is -0.0611. The van der Waals surface area contributed by atoms with Crippen LogP contribution in [-0.4, -0.2) is 37.0 Å². The molecule has 0 aromatic heterocycles. The summed E-state index contributed by atoms with van der Waals surface area (Å²) in [7, 11) is 0. The molecule has 76 valence electrons. The molecule has 1 rings (SSSR count). The maximum Gasteiger partial charge on any atom is 0.0815 e. The lowest BCUT2D eigenvalue weighted by atomic mass is 9.94. The van der Waals surface area contributed by atoms with E-state index >= 15 is 0 Å². The van der Waals surface area contributed by atoms with E-state index in [1.54, 1.807) is 0 Å². The van der Waals surface area contributed by atoms with Crippen LogP contribution >= 0.6 is 15.9 Å². The van der Waals surface area contributed by atoms with Crippen LogP contribution in [0.1, 0.15) is 12.8 Å². The van der Waals surface area contributed by atoms with E-state index in [4.69, 9.17) is 4.74 Å². The summed E-state index contributed by atoms with van der Waals surface area (Å²) in [6.45, 7) is 6.34. The molecule has 0 atom stereocenters. The Morgan fingerprint density at radius 1 is 1.54 bits per heavy atom. The summed E-state index contributed by atoms with van der Waals surface area (Å²) < 4.78 is 6.08. The van der Waals surface area contributed by atoms with E-state index in [0.717, 1.165) is 17.3 Å². The Hall–Kier alpha value is 0.1000. The monoisotopic (exact) mass is 249 g/mol. The second kappa shape index (κ2) is 5.10. The summed E-state index contributed by atoms with van der Waals surface area (Å²) in [5.41, 5.74) is -0.583. The highest BCUT2D eigenvalue weighted by Crippen LogP contribution is 2.19. The van der Waals surface area contributed by atoms with Crippen molar-refractivity contribution in [3.05, 3.63) is 11.1 Å². The molecule has 0 spiro atoms. The SMILES string of the molecule is C=C(Br)CNCC1(O)CCOCC1. The molecule has 13 heavy (non-hydrogen) atoms. The summed E-state index contributed by atoms with van der Waals surface area (Å²) >= 11 is 3.25. The molecule has 4 heteroatoms. The maximum atomic E-state index is 10.00. The third-order valence-electron chi connectivity index (χ3n) is 2.19. The van der Waals surface area contributed by atoms with Crippen LogP contribution in [0, 0.1) is 0 Å². The first-order valence-corrected chi connectivity index (χ1v) is 5.26. The van der Waals surface area contributed by atoms with Gasteiger partial charge in [0.2, 0.25) is 0 Å². The Morgan fingerprint density at radius 2 is 2.15 bits per heavy atom. The number of hydrogen-bond acceptors (Lipinski definition) is 3. The van der Waals surface area contributed by atoms with Crippen molar-refractivity contribution in [3.8, 4) is 0 Å². The lowest BCUT2D eigenvalue weighted by Gasteiger charge is -2.32. The average molecular weight is 250 g/mol. The van der Waals surface area contributed by atoms with Gasteiger partial charge in [0.25, 0.3) is 0 Å². The predicted octanol–water partition coefficient (Wildman–Crippen LogP) is 1.03. The predicted molar refractivity (Wildman–Crippen MR) is 55.9 cm³/mol. The van der Waals surface area contributed by atoms with Gasteiger partial charge in [-0.05, 0) is 0 Å². The zero-order valence-electron chi connectivity index (χ0n) is 7.68. The summed E-state index contributed by atoms with van der Waals surface area (Å²) in [6.07, 6.45) is 1.43. The van der Waals surface area contributed by atoms with Gasteiger partial charge in [0.1, 0.15) is 0 Å². The first-order valence-electron chi connectivity index (χ1n) is 4.46. The Kier molecular flexibility index (Phi) is 4.38. The van der Waals surface area contributed by atoms with Crippen molar-refractivity contribution in [3.63, 3.8) is 0 Å². The van der Waals surface area contributed by atoms with Gasteiger partial charge in [0, 0.05) is 43.6 Å². The lowest BCUT2D eigenvalue weighted by Crippen LogP contribution is -2.45. The fraction of sp³-hybridized carbons (Fsp3) is 0.778. The molecule has 0 bridgehead atoms. The molecular weight excluding hydrogens is 234 g/mol. The number of halogens is 1. The smallest absolute Gasteiger partial charge is 0.0815 e. The van der Waals surface area contributed by atoms with Gasteiger partial charge in [-0.2, -0.15) is 0 Å². The molecule has 0 unspecified atom stereocenters. The van der Waals surface area contributed by atoms with E-state index in [0.29, 0.717) is 26.3 Å². The Bertz CT molecular complexity index is 178. The van der Waals surface area contributed by atoms with E-state index in [1.165, 1.54) is 0 Å². The third kappa shape index (κ3) is 4.22. The van der Waals surface area contributed by atoms with Gasteiger partial charge in [0.05, 0.1) is 5.60 Å². The van der Waals surface area contributed by atoms with Crippen molar-refractivity contribution in [1.82, 2.24) is 5.32 Å². The van der Waals surface area contributed by atoms with Crippen molar-refractivity contribution in [2.75, 3.05) is 26.3 Å². The third-order valence-corrected chi connectivity index (χ3v) is 2.47. The highest BCUT2D eigenvalue weighted by atomic mass is 79.9. The first kappa shape index (κ1) is 11.2. The van der Waals surface area contributed by atoms with Crippen molar-refractivity contribution in [2.45, 2.75) is 18.4 Å². The summed E-state index contributed by atoms with van der Waals surface area (Å²) in [4.78, 5) is 0. The normalized spacial score (nSPS) is 21.4. The highest BCUT2D eigenvalue weighted by Gasteiger charge is 2.28. The molecule has 0 aliphatic carbocycles. The van der Waals surface area contributed by atoms with Crippen molar-refractivity contribution in [1.29, 1.82) is 0 Å². The van der Waals surface area contributed by atoms with Crippen LogP contribution in [0.2, 0.25) is 0 Å². The topological polar surface area (TPSA) is 41.5 Å². The summed E-state index contributed by atoms with van der Waals surface area (Å²) in [5, 5.41) is 13.1.